The van der Waals surface area contributed by atoms with E-state index in [1.54, 1.807) is 23.9 Å². The fourth-order valence-corrected chi connectivity index (χ4v) is 8.40. The first-order valence-electron chi connectivity index (χ1n) is 14.1. The third-order valence-electron chi connectivity index (χ3n) is 6.19. The molecule has 0 amide bonds. The van der Waals surface area contributed by atoms with Gasteiger partial charge in [0.1, 0.15) is 16.6 Å². The number of benzene rings is 4. The van der Waals surface area contributed by atoms with Gasteiger partial charge < -0.3 is 4.79 Å². The summed E-state index contributed by atoms with van der Waals surface area (Å²) in [4.78, 5) is 11.9. The predicted molar refractivity (Wildman–Crippen MR) is 195 cm³/mol. The van der Waals surface area contributed by atoms with Gasteiger partial charge in [0.25, 0.3) is 20.2 Å². The standard InChI is InChI=1S/C32H34O6S5.C2H4.CH2O/c1-31(2,3)21-7-17-27(29(19-21)42(33,34)35)28-18-16-26(20-30(28)43(36,37)38)40-24-10-8-22(9-11-24)39-23-12-14-25(15-13-23)41-32(4,5)6;2*1-2/h7-20H,1-6H3,(H,33,34,35)(H,36,37,38);1-2H2;1H2. The van der Waals surface area contributed by atoms with Gasteiger partial charge in [-0.2, -0.15) is 16.8 Å². The van der Waals surface area contributed by atoms with E-state index in [0.29, 0.717) is 10.5 Å². The van der Waals surface area contributed by atoms with Crippen molar-refractivity contribution in [1.29, 1.82) is 0 Å². The first kappa shape index (κ1) is 40.3. The highest BCUT2D eigenvalue weighted by Crippen LogP contribution is 2.40. The van der Waals surface area contributed by atoms with Crippen molar-refractivity contribution in [2.45, 2.75) is 86.0 Å². The van der Waals surface area contributed by atoms with Crippen LogP contribution in [0.25, 0.3) is 11.1 Å². The molecule has 4 aromatic rings. The second-order valence-electron chi connectivity index (χ2n) is 11.9. The van der Waals surface area contributed by atoms with Crippen LogP contribution in [-0.2, 0) is 30.4 Å². The van der Waals surface area contributed by atoms with Crippen LogP contribution in [0.3, 0.4) is 0 Å². The van der Waals surface area contributed by atoms with Gasteiger partial charge in [0.05, 0.1) is 0 Å². The molecule has 0 heterocycles. The zero-order valence-electron chi connectivity index (χ0n) is 27.2. The fraction of sp³-hybridized carbons (Fsp3) is 0.229. The van der Waals surface area contributed by atoms with Crippen LogP contribution in [0.15, 0.2) is 132 Å². The average molecular weight is 733 g/mol. The summed E-state index contributed by atoms with van der Waals surface area (Å²) in [7, 11) is -9.45. The topological polar surface area (TPSA) is 126 Å². The minimum atomic E-state index is -4.75. The summed E-state index contributed by atoms with van der Waals surface area (Å²) in [6.45, 7) is 20.2. The molecule has 0 aliphatic carbocycles. The van der Waals surface area contributed by atoms with E-state index < -0.39 is 35.4 Å². The molecule has 0 atom stereocenters. The Balaban J connectivity index is 0.00000185. The second-order valence-corrected chi connectivity index (χ2v) is 18.9. The smallest absolute Gasteiger partial charge is 0.295 e. The Labute approximate surface area is 292 Å². The molecule has 4 aromatic carbocycles. The fourth-order valence-electron chi connectivity index (χ4n) is 4.20. The van der Waals surface area contributed by atoms with E-state index in [9.17, 15) is 25.9 Å². The summed E-state index contributed by atoms with van der Waals surface area (Å²) in [6, 6.07) is 25.1. The van der Waals surface area contributed by atoms with E-state index in [-0.39, 0.29) is 15.9 Å². The van der Waals surface area contributed by atoms with Gasteiger partial charge >= 0.3 is 0 Å². The zero-order valence-corrected chi connectivity index (χ0v) is 31.3. The lowest BCUT2D eigenvalue weighted by Gasteiger charge is -2.21. The van der Waals surface area contributed by atoms with Crippen molar-refractivity contribution >= 4 is 62.3 Å². The minimum absolute atomic E-state index is 0.0221. The Morgan fingerprint density at radius 3 is 1.26 bits per heavy atom. The van der Waals surface area contributed by atoms with Crippen molar-refractivity contribution in [1.82, 2.24) is 0 Å². The lowest BCUT2D eigenvalue weighted by molar-refractivity contribution is -0.0980. The molecule has 0 saturated carbocycles. The highest BCUT2D eigenvalue weighted by atomic mass is 32.2. The first-order valence-corrected chi connectivity index (χ1v) is 19.4. The van der Waals surface area contributed by atoms with Crippen molar-refractivity contribution < 1.29 is 30.7 Å². The molecule has 0 unspecified atom stereocenters. The second kappa shape index (κ2) is 16.5. The molecular formula is C35H40O7S5. The van der Waals surface area contributed by atoms with E-state index in [4.69, 9.17) is 4.79 Å². The van der Waals surface area contributed by atoms with Crippen LogP contribution in [0, 0.1) is 0 Å². The summed E-state index contributed by atoms with van der Waals surface area (Å²) in [6.07, 6.45) is 0. The number of carbonyl (C=O) groups is 1. The molecule has 12 heteroatoms. The van der Waals surface area contributed by atoms with Crippen LogP contribution in [0.2, 0.25) is 0 Å². The van der Waals surface area contributed by atoms with Gasteiger partial charge in [0.15, 0.2) is 0 Å². The number of thioether (sulfide) groups is 1. The van der Waals surface area contributed by atoms with Crippen LogP contribution < -0.4 is 0 Å². The molecule has 0 saturated heterocycles. The van der Waals surface area contributed by atoms with Gasteiger partial charge in [0, 0.05) is 40.4 Å². The van der Waals surface area contributed by atoms with Gasteiger partial charge in [-0.05, 0) is 77.7 Å². The Morgan fingerprint density at radius 1 is 0.532 bits per heavy atom. The van der Waals surface area contributed by atoms with E-state index in [0.717, 1.165) is 14.7 Å². The van der Waals surface area contributed by atoms with Gasteiger partial charge in [0.2, 0.25) is 0 Å². The number of hydrogen-bond donors (Lipinski definition) is 2. The molecule has 0 spiro atoms. The van der Waals surface area contributed by atoms with Crippen molar-refractivity contribution in [2.24, 2.45) is 0 Å². The first-order chi connectivity index (χ1) is 21.8. The predicted octanol–water partition coefficient (Wildman–Crippen LogP) is 9.95. The third-order valence-corrected chi connectivity index (χ3v) is 11.1. The van der Waals surface area contributed by atoms with Gasteiger partial charge in [-0.1, -0.05) is 83.3 Å². The van der Waals surface area contributed by atoms with Crippen LogP contribution in [0.5, 0.6) is 0 Å². The number of carbonyl (C=O) groups excluding carboxylic acids is 1. The summed E-state index contributed by atoms with van der Waals surface area (Å²) in [5.41, 5.74) is 0.168. The summed E-state index contributed by atoms with van der Waals surface area (Å²) < 4.78 is 69.8. The maximum atomic E-state index is 12.5. The monoisotopic (exact) mass is 732 g/mol. The minimum Gasteiger partial charge on any atom is -0.307 e. The lowest BCUT2D eigenvalue weighted by atomic mass is 9.86. The highest BCUT2D eigenvalue weighted by Gasteiger charge is 2.26. The van der Waals surface area contributed by atoms with Crippen LogP contribution in [0.1, 0.15) is 47.1 Å². The normalized spacial score (nSPS) is 11.9. The molecule has 2 N–H and O–H groups in total. The van der Waals surface area contributed by atoms with Crippen LogP contribution in [-0.4, -0.2) is 37.5 Å². The highest BCUT2D eigenvalue weighted by molar-refractivity contribution is 8.00. The molecule has 0 fully saturated rings. The maximum absolute atomic E-state index is 12.5. The van der Waals surface area contributed by atoms with Gasteiger partial charge in [-0.25, -0.2) is 0 Å². The zero-order chi connectivity index (χ0) is 35.8. The van der Waals surface area contributed by atoms with Gasteiger partial charge in [-0.15, -0.1) is 24.9 Å². The maximum Gasteiger partial charge on any atom is 0.295 e. The van der Waals surface area contributed by atoms with Crippen molar-refractivity contribution in [2.75, 3.05) is 0 Å². The SMILES string of the molecule is C=C.C=O.CC(C)(C)Sc1ccc(Sc2ccc(Sc3ccc(-c4ccc(C(C)(C)C)cc4S(=O)(=O)O)c(S(=O)(=O)O)c3)cc2)cc1. The molecule has 47 heavy (non-hydrogen) atoms. The van der Waals surface area contributed by atoms with Gasteiger partial charge in [-0.3, -0.25) is 9.11 Å². The largest absolute Gasteiger partial charge is 0.307 e. The van der Waals surface area contributed by atoms with E-state index in [1.807, 2.05) is 63.6 Å². The lowest BCUT2D eigenvalue weighted by Crippen LogP contribution is -2.13. The molecule has 7 nitrogen and oxygen atoms in total. The quantitative estimate of drug-likeness (QED) is 0.103. The third kappa shape index (κ3) is 12.0. The van der Waals surface area contributed by atoms with Crippen molar-refractivity contribution in [3.8, 4) is 11.1 Å². The van der Waals surface area contributed by atoms with E-state index >= 15 is 0 Å². The average Bonchev–Trinajstić information content (AvgIpc) is 2.99. The molecular weight excluding hydrogens is 693 g/mol. The van der Waals surface area contributed by atoms with E-state index in [1.165, 1.54) is 40.9 Å². The van der Waals surface area contributed by atoms with Crippen molar-refractivity contribution in [3.05, 3.63) is 104 Å². The Morgan fingerprint density at radius 2 is 0.872 bits per heavy atom. The Bertz CT molecular complexity index is 1870. The molecule has 0 radical (unpaired) electrons. The summed E-state index contributed by atoms with van der Waals surface area (Å²) in [5, 5.41) is 0. The number of rotatable bonds is 8. The Kier molecular flexibility index (Phi) is 14.2. The molecule has 0 aliphatic rings. The van der Waals surface area contributed by atoms with E-state index in [2.05, 4.69) is 58.2 Å². The van der Waals surface area contributed by atoms with Crippen molar-refractivity contribution in [3.63, 3.8) is 0 Å². The molecule has 0 bridgehead atoms. The number of hydrogen-bond acceptors (Lipinski definition) is 8. The molecule has 0 aromatic heterocycles. The Hall–Kier alpha value is -2.84. The van der Waals surface area contributed by atoms with Crippen LogP contribution >= 0.6 is 35.3 Å². The molecule has 252 valence electrons. The molecule has 0 aliphatic heterocycles. The summed E-state index contributed by atoms with van der Waals surface area (Å²) >= 11 is 4.76. The molecule has 4 rings (SSSR count). The van der Waals surface area contributed by atoms with Crippen LogP contribution in [0.4, 0.5) is 0 Å². The summed E-state index contributed by atoms with van der Waals surface area (Å²) in [5.74, 6) is 0.